The number of carbonyl (C=O) groups is 2. The third kappa shape index (κ3) is 4.89. The predicted molar refractivity (Wildman–Crippen MR) is 92.7 cm³/mol. The first-order valence-electron chi connectivity index (χ1n) is 8.32. The number of aryl methyl sites for hydroxylation is 1. The molecule has 0 bridgehead atoms. The van der Waals surface area contributed by atoms with Crippen molar-refractivity contribution in [3.63, 3.8) is 0 Å². The van der Waals surface area contributed by atoms with E-state index in [4.69, 9.17) is 4.74 Å². The number of imidazole rings is 1. The number of ether oxygens (including phenoxy) is 1. The van der Waals surface area contributed by atoms with Crippen LogP contribution < -0.4 is 10.1 Å². The maximum absolute atomic E-state index is 13.4. The molecule has 0 aliphatic rings. The number of benzene rings is 1. The fourth-order valence-corrected chi connectivity index (χ4v) is 2.51. The van der Waals surface area contributed by atoms with E-state index in [0.717, 1.165) is 10.8 Å². The number of carbonyl (C=O) groups excluding carboxylic acids is 2. The molecule has 0 saturated heterocycles. The average Bonchev–Trinajstić information content (AvgIpc) is 3.05. The van der Waals surface area contributed by atoms with Gasteiger partial charge in [-0.3, -0.25) is 9.59 Å². The highest BCUT2D eigenvalue weighted by Crippen LogP contribution is 2.40. The zero-order valence-corrected chi connectivity index (χ0v) is 15.3. The minimum Gasteiger partial charge on any atom is -0.484 e. The van der Waals surface area contributed by atoms with Crippen molar-refractivity contribution in [3.05, 3.63) is 48.0 Å². The molecular formula is C18H20F3N3O4. The molecule has 1 aromatic heterocycles. The Bertz CT molecular complexity index is 833. The third-order valence-corrected chi connectivity index (χ3v) is 4.10. The number of nitrogens with zero attached hydrogens (tertiary/aromatic N) is 2. The van der Waals surface area contributed by atoms with Crippen molar-refractivity contribution < 1.29 is 32.6 Å². The first-order valence-corrected chi connectivity index (χ1v) is 8.32. The van der Waals surface area contributed by atoms with Gasteiger partial charge in [0.05, 0.1) is 0 Å². The Labute approximate surface area is 159 Å². The van der Waals surface area contributed by atoms with Crippen LogP contribution in [0.15, 0.2) is 36.7 Å². The van der Waals surface area contributed by atoms with Crippen LogP contribution in [0.1, 0.15) is 29.5 Å². The minimum atomic E-state index is -4.97. The van der Waals surface area contributed by atoms with Crippen molar-refractivity contribution in [3.8, 4) is 5.75 Å². The van der Waals surface area contributed by atoms with Crippen LogP contribution in [0.2, 0.25) is 0 Å². The van der Waals surface area contributed by atoms with Gasteiger partial charge < -0.3 is 19.7 Å². The van der Waals surface area contributed by atoms with Gasteiger partial charge in [-0.25, -0.2) is 4.98 Å². The molecule has 1 amide bonds. The molecule has 0 saturated carbocycles. The molecule has 2 rings (SSSR count). The highest BCUT2D eigenvalue weighted by atomic mass is 19.4. The third-order valence-electron chi connectivity index (χ3n) is 4.10. The van der Waals surface area contributed by atoms with Crippen molar-refractivity contribution in [2.24, 2.45) is 7.05 Å². The molecule has 152 valence electrons. The number of alkyl halides is 3. The van der Waals surface area contributed by atoms with E-state index in [1.54, 1.807) is 0 Å². The molecule has 0 spiro atoms. The average molecular weight is 399 g/mol. The summed E-state index contributed by atoms with van der Waals surface area (Å²) in [6.45, 7) is 0.553. The zero-order valence-electron chi connectivity index (χ0n) is 15.3. The number of hydrogen-bond donors (Lipinski definition) is 2. The number of aliphatic hydroxyl groups is 1. The Morgan fingerprint density at radius 3 is 2.39 bits per heavy atom. The van der Waals surface area contributed by atoms with Crippen LogP contribution >= 0.6 is 0 Å². The quantitative estimate of drug-likeness (QED) is 0.662. The van der Waals surface area contributed by atoms with Gasteiger partial charge in [0.1, 0.15) is 11.6 Å². The largest absolute Gasteiger partial charge is 0.484 e. The second-order valence-corrected chi connectivity index (χ2v) is 6.19. The highest BCUT2D eigenvalue weighted by Gasteiger charge is 2.57. The summed E-state index contributed by atoms with van der Waals surface area (Å²) in [5.41, 5.74) is -2.71. The first-order chi connectivity index (χ1) is 13.0. The number of rotatable bonds is 8. The van der Waals surface area contributed by atoms with E-state index in [2.05, 4.69) is 10.3 Å². The molecule has 0 radical (unpaired) electrons. The molecule has 1 unspecified atom stereocenters. The lowest BCUT2D eigenvalue weighted by Gasteiger charge is -2.29. The molecule has 1 aromatic carbocycles. The zero-order chi connectivity index (χ0) is 20.9. The molecule has 28 heavy (non-hydrogen) atoms. The summed E-state index contributed by atoms with van der Waals surface area (Å²) < 4.78 is 46.4. The van der Waals surface area contributed by atoms with Crippen LogP contribution in [0.5, 0.6) is 5.75 Å². The molecule has 10 heteroatoms. The molecule has 0 fully saturated rings. The lowest BCUT2D eigenvalue weighted by molar-refractivity contribution is -0.272. The molecule has 7 nitrogen and oxygen atoms in total. The van der Waals surface area contributed by atoms with Crippen LogP contribution in [-0.4, -0.2) is 45.7 Å². The van der Waals surface area contributed by atoms with Crippen molar-refractivity contribution in [2.45, 2.75) is 25.1 Å². The van der Waals surface area contributed by atoms with Crippen LogP contribution in [0.4, 0.5) is 13.2 Å². The smallest absolute Gasteiger partial charge is 0.424 e. The Morgan fingerprint density at radius 2 is 1.89 bits per heavy atom. The summed E-state index contributed by atoms with van der Waals surface area (Å²) >= 11 is 0. The van der Waals surface area contributed by atoms with E-state index in [-0.39, 0.29) is 5.78 Å². The van der Waals surface area contributed by atoms with Gasteiger partial charge in [0, 0.05) is 38.0 Å². The summed E-state index contributed by atoms with van der Waals surface area (Å²) in [6.07, 6.45) is -3.34. The lowest BCUT2D eigenvalue weighted by Crippen LogP contribution is -2.47. The Balaban J connectivity index is 1.89. The van der Waals surface area contributed by atoms with E-state index in [0.29, 0.717) is 11.3 Å². The monoisotopic (exact) mass is 399 g/mol. The van der Waals surface area contributed by atoms with Gasteiger partial charge in [0.25, 0.3) is 5.91 Å². The van der Waals surface area contributed by atoms with E-state index < -0.39 is 43.1 Å². The summed E-state index contributed by atoms with van der Waals surface area (Å²) in [6, 6.07) is 6.08. The summed E-state index contributed by atoms with van der Waals surface area (Å²) in [5.74, 6) is -0.995. The number of amides is 1. The maximum atomic E-state index is 13.4. The van der Waals surface area contributed by atoms with Crippen LogP contribution in [0, 0.1) is 0 Å². The molecule has 0 aliphatic heterocycles. The standard InChI is InChI=1S/C18H20F3N3O4/c1-12(25)13-3-5-14(6-4-13)28-11-15(26)22-8-7-17(27,18(19,20)21)16-23-9-10-24(16)2/h3-6,9-10,27H,7-8,11H2,1-2H3,(H,22,26). The SMILES string of the molecule is CC(=O)c1ccc(OCC(=O)NCCC(O)(c2nccn2C)C(F)(F)F)cc1. The van der Waals surface area contributed by atoms with Gasteiger partial charge in [-0.05, 0) is 31.2 Å². The van der Waals surface area contributed by atoms with Crippen molar-refractivity contribution in [1.82, 2.24) is 14.9 Å². The summed E-state index contributed by atoms with van der Waals surface area (Å²) in [7, 11) is 1.34. The van der Waals surface area contributed by atoms with Gasteiger partial charge in [-0.1, -0.05) is 0 Å². The number of aromatic nitrogens is 2. The predicted octanol–water partition coefficient (Wildman–Crippen LogP) is 1.96. The van der Waals surface area contributed by atoms with E-state index in [1.165, 1.54) is 44.4 Å². The molecule has 0 aliphatic carbocycles. The number of hydrogen-bond acceptors (Lipinski definition) is 5. The first kappa shape index (κ1) is 21.4. The minimum absolute atomic E-state index is 0.117. The molecule has 1 heterocycles. The number of nitrogens with one attached hydrogen (secondary N) is 1. The van der Waals surface area contributed by atoms with Gasteiger partial charge in [-0.2, -0.15) is 13.2 Å². The number of ketones is 1. The number of Topliss-reactive ketones (excluding diaryl/α,β-unsaturated/α-hetero) is 1. The van der Waals surface area contributed by atoms with Crippen molar-refractivity contribution >= 4 is 11.7 Å². The Kier molecular flexibility index (Phi) is 6.45. The van der Waals surface area contributed by atoms with Gasteiger partial charge in [-0.15, -0.1) is 0 Å². The summed E-state index contributed by atoms with van der Waals surface area (Å²) in [4.78, 5) is 26.6. The van der Waals surface area contributed by atoms with Crippen molar-refractivity contribution in [2.75, 3.05) is 13.2 Å². The normalized spacial score (nSPS) is 13.6. The fraction of sp³-hybridized carbons (Fsp3) is 0.389. The number of halogens is 3. The summed E-state index contributed by atoms with van der Waals surface area (Å²) in [5, 5.41) is 12.4. The lowest BCUT2D eigenvalue weighted by atomic mass is 9.97. The second-order valence-electron chi connectivity index (χ2n) is 6.19. The second kappa shape index (κ2) is 8.42. The molecular weight excluding hydrogens is 379 g/mol. The topological polar surface area (TPSA) is 93.5 Å². The molecule has 2 aromatic rings. The fourth-order valence-electron chi connectivity index (χ4n) is 2.51. The Hall–Kier alpha value is -2.88. The van der Waals surface area contributed by atoms with Crippen LogP contribution in [0.3, 0.4) is 0 Å². The van der Waals surface area contributed by atoms with E-state index in [1.807, 2.05) is 0 Å². The van der Waals surface area contributed by atoms with Crippen molar-refractivity contribution in [1.29, 1.82) is 0 Å². The molecule has 2 N–H and O–H groups in total. The van der Waals surface area contributed by atoms with Crippen LogP contribution in [-0.2, 0) is 17.4 Å². The van der Waals surface area contributed by atoms with E-state index >= 15 is 0 Å². The highest BCUT2D eigenvalue weighted by molar-refractivity contribution is 5.94. The van der Waals surface area contributed by atoms with E-state index in [9.17, 15) is 27.9 Å². The van der Waals surface area contributed by atoms with Gasteiger partial charge in [0.2, 0.25) is 5.60 Å². The maximum Gasteiger partial charge on any atom is 0.424 e. The van der Waals surface area contributed by atoms with Gasteiger partial charge >= 0.3 is 6.18 Å². The Morgan fingerprint density at radius 1 is 1.25 bits per heavy atom. The van der Waals surface area contributed by atoms with Gasteiger partial charge in [0.15, 0.2) is 12.4 Å². The van der Waals surface area contributed by atoms with Crippen LogP contribution in [0.25, 0.3) is 0 Å². The molecule has 1 atom stereocenters.